The van der Waals surface area contributed by atoms with Crippen LogP contribution in [0.1, 0.15) is 40.5 Å². The van der Waals surface area contributed by atoms with E-state index in [1.165, 1.54) is 16.8 Å². The lowest BCUT2D eigenvalue weighted by Crippen LogP contribution is -2.30. The Bertz CT molecular complexity index is 369. The zero-order chi connectivity index (χ0) is 13.5. The zero-order valence-corrected chi connectivity index (χ0v) is 12.4. The number of nitrogens with zero attached hydrogens (tertiary/aromatic N) is 1. The van der Waals surface area contributed by atoms with Gasteiger partial charge in [0.2, 0.25) is 0 Å². The monoisotopic (exact) mass is 245 g/mol. The maximum atomic E-state index is 4.23. The summed E-state index contributed by atoms with van der Waals surface area (Å²) in [6, 6.07) is 0. The zero-order valence-electron chi connectivity index (χ0n) is 12.4. The summed E-state index contributed by atoms with van der Waals surface area (Å²) in [5.74, 6) is 0.692. The highest BCUT2D eigenvalue weighted by atomic mass is 15.1. The van der Waals surface area contributed by atoms with Crippen LogP contribution in [0.5, 0.6) is 0 Å². The minimum atomic E-state index is 0.692. The smallest absolute Gasteiger partial charge is 0.0388 e. The van der Waals surface area contributed by atoms with Crippen LogP contribution < -0.4 is 0 Å². The molecule has 18 heavy (non-hydrogen) atoms. The molecule has 1 heteroatoms. The van der Waals surface area contributed by atoms with Crippen LogP contribution in [0.15, 0.2) is 47.7 Å². The Kier molecular flexibility index (Phi) is 5.97. The maximum Gasteiger partial charge on any atom is 0.0388 e. The van der Waals surface area contributed by atoms with Gasteiger partial charge < -0.3 is 4.90 Å². The molecule has 0 bridgehead atoms. The summed E-state index contributed by atoms with van der Waals surface area (Å²) in [4.78, 5) is 2.43. The topological polar surface area (TPSA) is 3.24 Å². The highest BCUT2D eigenvalue weighted by Gasteiger charge is 2.16. The van der Waals surface area contributed by atoms with Crippen molar-refractivity contribution in [3.63, 3.8) is 0 Å². The summed E-state index contributed by atoms with van der Waals surface area (Å²) in [6.45, 7) is 15.2. The highest BCUT2D eigenvalue weighted by Crippen LogP contribution is 2.23. The first kappa shape index (κ1) is 14.8. The average molecular weight is 245 g/mol. The molecule has 0 N–H and O–H groups in total. The average Bonchev–Trinajstić information content (AvgIpc) is 2.30. The van der Waals surface area contributed by atoms with E-state index in [9.17, 15) is 0 Å². The molecule has 0 unspecified atom stereocenters. The first-order valence-electron chi connectivity index (χ1n) is 6.95. The van der Waals surface area contributed by atoms with Crippen molar-refractivity contribution in [2.45, 2.75) is 40.5 Å². The molecule has 0 saturated carbocycles. The van der Waals surface area contributed by atoms with E-state index in [-0.39, 0.29) is 0 Å². The Morgan fingerprint density at radius 2 is 2.11 bits per heavy atom. The second kappa shape index (κ2) is 7.25. The van der Waals surface area contributed by atoms with E-state index in [0.717, 1.165) is 25.9 Å². The van der Waals surface area contributed by atoms with E-state index in [2.05, 4.69) is 56.6 Å². The molecule has 1 rings (SSSR count). The number of hydrogen-bond acceptors (Lipinski definition) is 1. The van der Waals surface area contributed by atoms with Gasteiger partial charge in [0.1, 0.15) is 0 Å². The molecule has 0 saturated heterocycles. The normalized spacial score (nSPS) is 17.5. The van der Waals surface area contributed by atoms with E-state index in [1.807, 2.05) is 6.92 Å². The largest absolute Gasteiger partial charge is 0.371 e. The van der Waals surface area contributed by atoms with Gasteiger partial charge in [-0.15, -0.1) is 0 Å². The van der Waals surface area contributed by atoms with Crippen molar-refractivity contribution in [1.29, 1.82) is 0 Å². The van der Waals surface area contributed by atoms with Gasteiger partial charge in [0.05, 0.1) is 0 Å². The maximum absolute atomic E-state index is 4.23. The second-order valence-electron chi connectivity index (χ2n) is 5.53. The van der Waals surface area contributed by atoms with E-state index in [0.29, 0.717) is 5.92 Å². The molecule has 1 heterocycles. The molecule has 0 aromatic rings. The van der Waals surface area contributed by atoms with Crippen LogP contribution in [0.4, 0.5) is 0 Å². The Hall–Kier alpha value is -1.24. The molecule has 1 aliphatic heterocycles. The molecule has 100 valence electrons. The molecular weight excluding hydrogens is 218 g/mol. The third kappa shape index (κ3) is 4.56. The predicted molar refractivity (Wildman–Crippen MR) is 81.4 cm³/mol. The first-order chi connectivity index (χ1) is 8.54. The Morgan fingerprint density at radius 1 is 1.39 bits per heavy atom. The Morgan fingerprint density at radius 3 is 2.67 bits per heavy atom. The van der Waals surface area contributed by atoms with Crippen molar-refractivity contribution in [3.8, 4) is 0 Å². The van der Waals surface area contributed by atoms with Crippen molar-refractivity contribution in [3.05, 3.63) is 47.7 Å². The predicted octanol–water partition coefficient (Wildman–Crippen LogP) is 4.70. The standard InChI is InChI=1S/C17H27N/c1-6-7-8-9-17-10-11-18(13-15(17)4)16(5)12-14(2)3/h6-9,14H,5,10-13H2,1-4H3/b7-6+,9-8-. The third-order valence-electron chi connectivity index (χ3n) is 3.32. The lowest BCUT2D eigenvalue weighted by Gasteiger charge is -2.33. The van der Waals surface area contributed by atoms with Crippen molar-refractivity contribution in [2.75, 3.05) is 13.1 Å². The van der Waals surface area contributed by atoms with E-state index < -0.39 is 0 Å². The van der Waals surface area contributed by atoms with Crippen LogP contribution in [0.3, 0.4) is 0 Å². The highest BCUT2D eigenvalue weighted by molar-refractivity contribution is 5.30. The quantitative estimate of drug-likeness (QED) is 0.635. The fraction of sp³-hybridized carbons (Fsp3) is 0.529. The van der Waals surface area contributed by atoms with Crippen molar-refractivity contribution < 1.29 is 0 Å². The number of hydrogen-bond donors (Lipinski definition) is 0. The molecule has 0 aromatic carbocycles. The number of rotatable bonds is 5. The van der Waals surface area contributed by atoms with Crippen molar-refractivity contribution in [1.82, 2.24) is 4.90 Å². The van der Waals surface area contributed by atoms with Gasteiger partial charge in [-0.2, -0.15) is 0 Å². The fourth-order valence-electron chi connectivity index (χ4n) is 2.31. The molecule has 0 fully saturated rings. The van der Waals surface area contributed by atoms with Gasteiger partial charge in [-0.1, -0.05) is 50.3 Å². The van der Waals surface area contributed by atoms with Crippen molar-refractivity contribution in [2.24, 2.45) is 5.92 Å². The minimum Gasteiger partial charge on any atom is -0.371 e. The van der Waals surface area contributed by atoms with Crippen LogP contribution >= 0.6 is 0 Å². The SMILES string of the molecule is C=C(CC(C)C)N1CCC(/C=C\C=C\C)=C(C)C1. The van der Waals surface area contributed by atoms with Gasteiger partial charge in [0, 0.05) is 18.8 Å². The molecule has 0 amide bonds. The molecule has 1 aliphatic rings. The first-order valence-corrected chi connectivity index (χ1v) is 6.95. The number of allylic oxidation sites excluding steroid dienone is 5. The van der Waals surface area contributed by atoms with E-state index in [4.69, 9.17) is 0 Å². The van der Waals surface area contributed by atoms with Crippen LogP contribution in [0.25, 0.3) is 0 Å². The minimum absolute atomic E-state index is 0.692. The van der Waals surface area contributed by atoms with E-state index >= 15 is 0 Å². The van der Waals surface area contributed by atoms with Gasteiger partial charge in [0.15, 0.2) is 0 Å². The van der Waals surface area contributed by atoms with Gasteiger partial charge in [-0.3, -0.25) is 0 Å². The van der Waals surface area contributed by atoms with Gasteiger partial charge in [-0.25, -0.2) is 0 Å². The lowest BCUT2D eigenvalue weighted by atomic mass is 9.99. The second-order valence-corrected chi connectivity index (χ2v) is 5.53. The molecule has 0 aromatic heterocycles. The Balaban J connectivity index is 2.62. The van der Waals surface area contributed by atoms with Crippen LogP contribution in [0, 0.1) is 5.92 Å². The fourth-order valence-corrected chi connectivity index (χ4v) is 2.31. The molecule has 1 nitrogen and oxygen atoms in total. The molecule has 0 atom stereocenters. The molecule has 0 spiro atoms. The van der Waals surface area contributed by atoms with Crippen LogP contribution in [-0.2, 0) is 0 Å². The molecule has 0 radical (unpaired) electrons. The summed E-state index contributed by atoms with van der Waals surface area (Å²) >= 11 is 0. The van der Waals surface area contributed by atoms with Crippen LogP contribution in [-0.4, -0.2) is 18.0 Å². The third-order valence-corrected chi connectivity index (χ3v) is 3.32. The van der Waals surface area contributed by atoms with E-state index in [1.54, 1.807) is 0 Å². The lowest BCUT2D eigenvalue weighted by molar-refractivity contribution is 0.336. The summed E-state index contributed by atoms with van der Waals surface area (Å²) in [6.07, 6.45) is 10.8. The molecule has 0 aliphatic carbocycles. The summed E-state index contributed by atoms with van der Waals surface area (Å²) in [5, 5.41) is 0. The van der Waals surface area contributed by atoms with Gasteiger partial charge >= 0.3 is 0 Å². The van der Waals surface area contributed by atoms with Crippen LogP contribution in [0.2, 0.25) is 0 Å². The van der Waals surface area contributed by atoms with Gasteiger partial charge in [-0.05, 0) is 38.2 Å². The summed E-state index contributed by atoms with van der Waals surface area (Å²) in [5.41, 5.74) is 4.26. The van der Waals surface area contributed by atoms with Crippen molar-refractivity contribution >= 4 is 0 Å². The summed E-state index contributed by atoms with van der Waals surface area (Å²) in [7, 11) is 0. The Labute approximate surface area is 113 Å². The van der Waals surface area contributed by atoms with Gasteiger partial charge in [0.25, 0.3) is 0 Å². The molecular formula is C17H27N. The summed E-state index contributed by atoms with van der Waals surface area (Å²) < 4.78 is 0.